The van der Waals surface area contributed by atoms with E-state index in [1.165, 1.54) is 0 Å². The molecular formula is C8H8ClNO. The molecule has 0 atom stereocenters. The van der Waals surface area contributed by atoms with Gasteiger partial charge < -0.3 is 4.42 Å². The number of halogens is 1. The van der Waals surface area contributed by atoms with Gasteiger partial charge in [-0.15, -0.1) is 11.6 Å². The number of aromatic nitrogens is 1. The van der Waals surface area contributed by atoms with Crippen molar-refractivity contribution < 1.29 is 4.42 Å². The zero-order chi connectivity index (χ0) is 7.68. The van der Waals surface area contributed by atoms with Crippen molar-refractivity contribution in [1.29, 1.82) is 0 Å². The Bertz CT molecular complexity index is 290. The van der Waals surface area contributed by atoms with Crippen molar-refractivity contribution in [2.45, 2.75) is 18.7 Å². The maximum atomic E-state index is 5.57. The van der Waals surface area contributed by atoms with Crippen molar-refractivity contribution in [1.82, 2.24) is 4.98 Å². The SMILES string of the molecule is ClCc1nc2c(o1)CCC=C2. The third-order valence-electron chi connectivity index (χ3n) is 1.70. The molecule has 0 aliphatic heterocycles. The van der Waals surface area contributed by atoms with Gasteiger partial charge in [-0.3, -0.25) is 0 Å². The minimum absolute atomic E-state index is 0.362. The van der Waals surface area contributed by atoms with Crippen LogP contribution in [0.3, 0.4) is 0 Å². The summed E-state index contributed by atoms with van der Waals surface area (Å²) in [6, 6.07) is 0. The average molecular weight is 170 g/mol. The Morgan fingerprint density at radius 3 is 3.27 bits per heavy atom. The minimum Gasteiger partial charge on any atom is -0.444 e. The summed E-state index contributed by atoms with van der Waals surface area (Å²) in [7, 11) is 0. The highest BCUT2D eigenvalue weighted by Crippen LogP contribution is 2.20. The molecule has 0 bridgehead atoms. The lowest BCUT2D eigenvalue weighted by atomic mass is 10.1. The van der Waals surface area contributed by atoms with E-state index in [0.717, 1.165) is 24.3 Å². The number of hydrogen-bond acceptors (Lipinski definition) is 2. The Hall–Kier alpha value is -0.760. The number of aryl methyl sites for hydroxylation is 1. The second-order valence-electron chi connectivity index (χ2n) is 2.49. The van der Waals surface area contributed by atoms with Crippen molar-refractivity contribution in [3.05, 3.63) is 23.4 Å². The Labute approximate surface area is 69.9 Å². The summed E-state index contributed by atoms with van der Waals surface area (Å²) < 4.78 is 5.36. The fraction of sp³-hybridized carbons (Fsp3) is 0.375. The van der Waals surface area contributed by atoms with Gasteiger partial charge in [-0.05, 0) is 12.5 Å². The molecule has 0 unspecified atom stereocenters. The number of alkyl halides is 1. The van der Waals surface area contributed by atoms with Crippen LogP contribution in [0, 0.1) is 0 Å². The van der Waals surface area contributed by atoms with E-state index in [0.29, 0.717) is 11.8 Å². The smallest absolute Gasteiger partial charge is 0.209 e. The van der Waals surface area contributed by atoms with Crippen molar-refractivity contribution >= 4 is 17.7 Å². The topological polar surface area (TPSA) is 26.0 Å². The molecule has 0 saturated heterocycles. The first-order valence-electron chi connectivity index (χ1n) is 3.61. The molecule has 11 heavy (non-hydrogen) atoms. The second-order valence-corrected chi connectivity index (χ2v) is 2.76. The van der Waals surface area contributed by atoms with Crippen LogP contribution in [0.2, 0.25) is 0 Å². The predicted octanol–water partition coefficient (Wildman–Crippen LogP) is 2.37. The molecule has 1 aromatic heterocycles. The van der Waals surface area contributed by atoms with Crippen molar-refractivity contribution in [3.63, 3.8) is 0 Å². The lowest BCUT2D eigenvalue weighted by molar-refractivity contribution is 0.470. The number of oxazole rings is 1. The van der Waals surface area contributed by atoms with Gasteiger partial charge in [-0.25, -0.2) is 4.98 Å². The standard InChI is InChI=1S/C8H8ClNO/c9-5-8-10-6-3-1-2-4-7(6)11-8/h1,3H,2,4-5H2. The molecule has 2 rings (SSSR count). The van der Waals surface area contributed by atoms with Crippen molar-refractivity contribution in [2.24, 2.45) is 0 Å². The molecule has 0 N–H and O–H groups in total. The predicted molar refractivity (Wildman–Crippen MR) is 43.4 cm³/mol. The summed E-state index contributed by atoms with van der Waals surface area (Å²) >= 11 is 5.57. The molecule has 1 aliphatic rings. The molecule has 2 nitrogen and oxygen atoms in total. The fourth-order valence-electron chi connectivity index (χ4n) is 1.19. The highest BCUT2D eigenvalue weighted by Gasteiger charge is 2.11. The van der Waals surface area contributed by atoms with E-state index < -0.39 is 0 Å². The summed E-state index contributed by atoms with van der Waals surface area (Å²) in [5, 5.41) is 0. The molecule has 1 heterocycles. The van der Waals surface area contributed by atoms with E-state index in [1.807, 2.05) is 6.08 Å². The van der Waals surface area contributed by atoms with Gasteiger partial charge in [-0.1, -0.05) is 6.08 Å². The number of allylic oxidation sites excluding steroid dienone is 1. The first-order valence-corrected chi connectivity index (χ1v) is 4.14. The normalized spacial score (nSPS) is 15.0. The zero-order valence-corrected chi connectivity index (χ0v) is 6.77. The van der Waals surface area contributed by atoms with Crippen LogP contribution < -0.4 is 0 Å². The Kier molecular flexibility index (Phi) is 1.70. The third-order valence-corrected chi connectivity index (χ3v) is 1.93. The van der Waals surface area contributed by atoms with Gasteiger partial charge in [0.25, 0.3) is 0 Å². The van der Waals surface area contributed by atoms with Gasteiger partial charge in [0, 0.05) is 6.42 Å². The minimum atomic E-state index is 0.362. The van der Waals surface area contributed by atoms with Crippen LogP contribution in [0.4, 0.5) is 0 Å². The Balaban J connectivity index is 2.42. The second kappa shape index (κ2) is 2.70. The van der Waals surface area contributed by atoms with E-state index in [2.05, 4.69) is 11.1 Å². The van der Waals surface area contributed by atoms with Crippen LogP contribution in [-0.4, -0.2) is 4.98 Å². The largest absolute Gasteiger partial charge is 0.444 e. The van der Waals surface area contributed by atoms with Gasteiger partial charge in [0.2, 0.25) is 5.89 Å². The maximum Gasteiger partial charge on any atom is 0.209 e. The summed E-state index contributed by atoms with van der Waals surface area (Å²) in [6.07, 6.45) is 6.08. The molecule has 0 spiro atoms. The molecule has 1 aromatic rings. The fourth-order valence-corrected chi connectivity index (χ4v) is 1.30. The number of rotatable bonds is 1. The molecular weight excluding hydrogens is 162 g/mol. The maximum absolute atomic E-state index is 5.57. The van der Waals surface area contributed by atoms with Gasteiger partial charge in [0.1, 0.15) is 11.5 Å². The lowest BCUT2D eigenvalue weighted by Crippen LogP contribution is -1.88. The first kappa shape index (κ1) is 6.92. The molecule has 0 saturated carbocycles. The molecule has 0 radical (unpaired) electrons. The van der Waals surface area contributed by atoms with E-state index in [9.17, 15) is 0 Å². The molecule has 1 aliphatic carbocycles. The molecule has 0 amide bonds. The van der Waals surface area contributed by atoms with E-state index in [1.54, 1.807) is 0 Å². The molecule has 3 heteroatoms. The van der Waals surface area contributed by atoms with Crippen LogP contribution in [0.1, 0.15) is 23.8 Å². The molecule has 58 valence electrons. The van der Waals surface area contributed by atoms with Gasteiger partial charge in [-0.2, -0.15) is 0 Å². The summed E-state index contributed by atoms with van der Waals surface area (Å²) in [4.78, 5) is 4.18. The lowest BCUT2D eigenvalue weighted by Gasteiger charge is -1.98. The average Bonchev–Trinajstić information content (AvgIpc) is 2.46. The number of hydrogen-bond donors (Lipinski definition) is 0. The summed E-state index contributed by atoms with van der Waals surface area (Å²) in [5.41, 5.74) is 0.951. The van der Waals surface area contributed by atoms with Crippen LogP contribution in [0.5, 0.6) is 0 Å². The van der Waals surface area contributed by atoms with E-state index in [4.69, 9.17) is 16.0 Å². The molecule has 0 fully saturated rings. The van der Waals surface area contributed by atoms with Crippen LogP contribution in [-0.2, 0) is 12.3 Å². The van der Waals surface area contributed by atoms with E-state index in [-0.39, 0.29) is 0 Å². The van der Waals surface area contributed by atoms with Crippen molar-refractivity contribution in [3.8, 4) is 0 Å². The quantitative estimate of drug-likeness (QED) is 0.604. The van der Waals surface area contributed by atoms with Crippen LogP contribution in [0.25, 0.3) is 6.08 Å². The van der Waals surface area contributed by atoms with Crippen molar-refractivity contribution in [2.75, 3.05) is 0 Å². The molecule has 0 aromatic carbocycles. The Morgan fingerprint density at radius 2 is 2.55 bits per heavy atom. The zero-order valence-electron chi connectivity index (χ0n) is 6.01. The number of fused-ring (bicyclic) bond motifs is 1. The third kappa shape index (κ3) is 1.18. The summed E-state index contributed by atoms with van der Waals surface area (Å²) in [5.74, 6) is 1.97. The highest BCUT2D eigenvalue weighted by molar-refractivity contribution is 6.16. The first-order chi connectivity index (χ1) is 5.40. The van der Waals surface area contributed by atoms with Crippen LogP contribution in [0.15, 0.2) is 10.5 Å². The summed E-state index contributed by atoms with van der Waals surface area (Å²) in [6.45, 7) is 0. The monoisotopic (exact) mass is 169 g/mol. The van der Waals surface area contributed by atoms with E-state index >= 15 is 0 Å². The number of nitrogens with zero attached hydrogens (tertiary/aromatic N) is 1. The van der Waals surface area contributed by atoms with Crippen LogP contribution >= 0.6 is 11.6 Å². The Morgan fingerprint density at radius 1 is 1.64 bits per heavy atom. The van der Waals surface area contributed by atoms with Gasteiger partial charge >= 0.3 is 0 Å². The highest BCUT2D eigenvalue weighted by atomic mass is 35.5. The van der Waals surface area contributed by atoms with Gasteiger partial charge in [0.05, 0.1) is 5.88 Å². The van der Waals surface area contributed by atoms with Gasteiger partial charge in [0.15, 0.2) is 0 Å².